The number of hydrogen-bond donors (Lipinski definition) is 3. The van der Waals surface area contributed by atoms with Gasteiger partial charge in [-0.2, -0.15) is 0 Å². The first-order chi connectivity index (χ1) is 8.83. The first-order valence-electron chi connectivity index (χ1n) is 6.81. The molecule has 0 aromatic carbocycles. The number of nitrogens with two attached hydrogens (primary N) is 1. The fourth-order valence-electron chi connectivity index (χ4n) is 2.35. The highest BCUT2D eigenvalue weighted by Gasteiger charge is 2.27. The first-order valence-corrected chi connectivity index (χ1v) is 8.46. The lowest BCUT2D eigenvalue weighted by Gasteiger charge is -2.28. The van der Waals surface area contributed by atoms with Crippen LogP contribution in [0.15, 0.2) is 0 Å². The number of rotatable bonds is 7. The molecule has 0 unspecified atom stereocenters. The highest BCUT2D eigenvalue weighted by atomic mass is 32.2. The molecule has 0 heterocycles. The molecule has 1 saturated carbocycles. The predicted molar refractivity (Wildman–Crippen MR) is 73.3 cm³/mol. The van der Waals surface area contributed by atoms with Crippen LogP contribution in [-0.2, 0) is 14.8 Å². The lowest BCUT2D eigenvalue weighted by Crippen LogP contribution is -2.50. The van der Waals surface area contributed by atoms with E-state index in [4.69, 9.17) is 10.8 Å². The zero-order valence-corrected chi connectivity index (χ0v) is 12.0. The zero-order chi connectivity index (χ0) is 14.4. The Kier molecular flexibility index (Phi) is 6.22. The highest BCUT2D eigenvalue weighted by molar-refractivity contribution is 7.89. The van der Waals surface area contributed by atoms with Gasteiger partial charge in [-0.3, -0.25) is 4.79 Å². The maximum absolute atomic E-state index is 11.7. The molecule has 0 aliphatic heterocycles. The summed E-state index contributed by atoms with van der Waals surface area (Å²) in [5.74, 6) is -1.13. The van der Waals surface area contributed by atoms with Crippen LogP contribution in [0.5, 0.6) is 0 Å². The van der Waals surface area contributed by atoms with Crippen molar-refractivity contribution >= 4 is 16.0 Å². The van der Waals surface area contributed by atoms with Gasteiger partial charge < -0.3 is 10.8 Å². The Labute approximate surface area is 114 Å². The van der Waals surface area contributed by atoms with E-state index in [1.165, 1.54) is 0 Å². The molecule has 0 atom stereocenters. The second-order valence-corrected chi connectivity index (χ2v) is 7.34. The molecule has 1 aliphatic carbocycles. The zero-order valence-electron chi connectivity index (χ0n) is 11.2. The first kappa shape index (κ1) is 16.4. The van der Waals surface area contributed by atoms with Gasteiger partial charge in [-0.25, -0.2) is 13.1 Å². The summed E-state index contributed by atoms with van der Waals surface area (Å²) < 4.78 is 26.0. The molecule has 6 nitrogen and oxygen atoms in total. The quantitative estimate of drug-likeness (QED) is 0.602. The molecular formula is C12H24N2O4S. The van der Waals surface area contributed by atoms with E-state index in [2.05, 4.69) is 4.72 Å². The van der Waals surface area contributed by atoms with Crippen LogP contribution in [0.1, 0.15) is 51.4 Å². The van der Waals surface area contributed by atoms with Gasteiger partial charge in [0.15, 0.2) is 0 Å². The Bertz CT molecular complexity index is 387. The monoisotopic (exact) mass is 292 g/mol. The third-order valence-electron chi connectivity index (χ3n) is 3.55. The van der Waals surface area contributed by atoms with Crippen molar-refractivity contribution in [2.75, 3.05) is 12.3 Å². The summed E-state index contributed by atoms with van der Waals surface area (Å²) >= 11 is 0. The van der Waals surface area contributed by atoms with Crippen molar-refractivity contribution in [1.82, 2.24) is 4.72 Å². The van der Waals surface area contributed by atoms with Gasteiger partial charge in [0.1, 0.15) is 0 Å². The third-order valence-corrected chi connectivity index (χ3v) is 4.96. The average molecular weight is 292 g/mol. The minimum Gasteiger partial charge on any atom is -0.481 e. The van der Waals surface area contributed by atoms with Gasteiger partial charge in [-0.05, 0) is 19.3 Å². The molecular weight excluding hydrogens is 268 g/mol. The van der Waals surface area contributed by atoms with Crippen LogP contribution in [0, 0.1) is 0 Å². The fraction of sp³-hybridized carbons (Fsp3) is 0.917. The molecule has 0 aromatic rings. The smallest absolute Gasteiger partial charge is 0.303 e. The Morgan fingerprint density at radius 2 is 1.79 bits per heavy atom. The van der Waals surface area contributed by atoms with Crippen molar-refractivity contribution in [2.45, 2.75) is 56.9 Å². The Balaban J connectivity index is 2.38. The van der Waals surface area contributed by atoms with Crippen molar-refractivity contribution < 1.29 is 18.3 Å². The molecule has 19 heavy (non-hydrogen) atoms. The largest absolute Gasteiger partial charge is 0.481 e. The lowest BCUT2D eigenvalue weighted by atomic mass is 9.92. The summed E-state index contributed by atoms with van der Waals surface area (Å²) in [4.78, 5) is 10.3. The molecule has 1 fully saturated rings. The normalized spacial score (nSPS) is 19.8. The summed E-state index contributed by atoms with van der Waals surface area (Å²) in [6, 6.07) is 0. The number of carbonyl (C=O) groups is 1. The summed E-state index contributed by atoms with van der Waals surface area (Å²) in [6.45, 7) is 0.252. The van der Waals surface area contributed by atoms with E-state index < -0.39 is 21.5 Å². The number of carboxylic acids is 1. The van der Waals surface area contributed by atoms with Gasteiger partial charge in [-0.1, -0.05) is 25.7 Å². The molecule has 0 spiro atoms. The average Bonchev–Trinajstić information content (AvgIpc) is 2.52. The van der Waals surface area contributed by atoms with E-state index in [9.17, 15) is 13.2 Å². The molecule has 7 heteroatoms. The van der Waals surface area contributed by atoms with Crippen molar-refractivity contribution in [3.63, 3.8) is 0 Å². The molecule has 1 aliphatic rings. The molecule has 0 aromatic heterocycles. The summed E-state index contributed by atoms with van der Waals surface area (Å²) in [5.41, 5.74) is 5.77. The molecule has 0 radical (unpaired) electrons. The van der Waals surface area contributed by atoms with E-state index >= 15 is 0 Å². The fourth-order valence-corrected chi connectivity index (χ4v) is 3.52. The van der Waals surface area contributed by atoms with E-state index in [0.29, 0.717) is 0 Å². The maximum Gasteiger partial charge on any atom is 0.303 e. The molecule has 0 bridgehead atoms. The second-order valence-electron chi connectivity index (χ2n) is 5.41. The Morgan fingerprint density at radius 3 is 2.32 bits per heavy atom. The van der Waals surface area contributed by atoms with Crippen molar-refractivity contribution in [1.29, 1.82) is 0 Å². The van der Waals surface area contributed by atoms with E-state index in [1.807, 2.05) is 0 Å². The highest BCUT2D eigenvalue weighted by Crippen LogP contribution is 2.24. The number of nitrogens with one attached hydrogen (secondary N) is 1. The Morgan fingerprint density at radius 1 is 1.21 bits per heavy atom. The molecule has 0 saturated heterocycles. The number of carboxylic acid groups (broad SMARTS) is 1. The number of sulfonamides is 1. The van der Waals surface area contributed by atoms with Gasteiger partial charge in [0.25, 0.3) is 0 Å². The van der Waals surface area contributed by atoms with Crippen molar-refractivity contribution in [2.24, 2.45) is 5.73 Å². The minimum atomic E-state index is -3.42. The predicted octanol–water partition coefficient (Wildman–Crippen LogP) is 0.822. The molecule has 0 amide bonds. The standard InChI is InChI=1S/C12H24N2O4S/c13-12(7-3-1-2-4-8-12)10-14-19(17,18)9-5-6-11(15)16/h14H,1-10,13H2,(H,15,16). The van der Waals surface area contributed by atoms with Crippen LogP contribution in [0.4, 0.5) is 0 Å². The summed E-state index contributed by atoms with van der Waals surface area (Å²) in [6.07, 6.45) is 6.06. The number of hydrogen-bond acceptors (Lipinski definition) is 4. The maximum atomic E-state index is 11.7. The van der Waals surface area contributed by atoms with Gasteiger partial charge >= 0.3 is 5.97 Å². The van der Waals surface area contributed by atoms with E-state index in [1.54, 1.807) is 0 Å². The summed E-state index contributed by atoms with van der Waals surface area (Å²) in [5, 5.41) is 8.48. The molecule has 4 N–H and O–H groups in total. The SMILES string of the molecule is NC1(CNS(=O)(=O)CCCC(=O)O)CCCCCC1. The third kappa shape index (κ3) is 6.89. The molecule has 112 valence electrons. The van der Waals surface area contributed by atoms with Crippen LogP contribution < -0.4 is 10.5 Å². The van der Waals surface area contributed by atoms with E-state index in [-0.39, 0.29) is 25.1 Å². The number of aliphatic carboxylic acids is 1. The van der Waals surface area contributed by atoms with Crippen molar-refractivity contribution in [3.05, 3.63) is 0 Å². The van der Waals surface area contributed by atoms with Crippen LogP contribution >= 0.6 is 0 Å². The van der Waals surface area contributed by atoms with Gasteiger partial charge in [-0.15, -0.1) is 0 Å². The van der Waals surface area contributed by atoms with Crippen LogP contribution in [-0.4, -0.2) is 37.3 Å². The summed E-state index contributed by atoms with van der Waals surface area (Å²) in [7, 11) is -3.42. The van der Waals surface area contributed by atoms with Gasteiger partial charge in [0, 0.05) is 18.5 Å². The van der Waals surface area contributed by atoms with Crippen LogP contribution in [0.25, 0.3) is 0 Å². The van der Waals surface area contributed by atoms with Gasteiger partial charge in [0.2, 0.25) is 10.0 Å². The topological polar surface area (TPSA) is 109 Å². The van der Waals surface area contributed by atoms with Crippen LogP contribution in [0.3, 0.4) is 0 Å². The molecule has 1 rings (SSSR count). The van der Waals surface area contributed by atoms with Crippen molar-refractivity contribution in [3.8, 4) is 0 Å². The van der Waals surface area contributed by atoms with E-state index in [0.717, 1.165) is 38.5 Å². The Hall–Kier alpha value is -0.660. The van der Waals surface area contributed by atoms with Gasteiger partial charge in [0.05, 0.1) is 5.75 Å². The van der Waals surface area contributed by atoms with Crippen LogP contribution in [0.2, 0.25) is 0 Å². The second kappa shape index (κ2) is 7.21. The minimum absolute atomic E-state index is 0.127. The lowest BCUT2D eigenvalue weighted by molar-refractivity contribution is -0.137.